The average Bonchev–Trinajstić information content (AvgIpc) is 3.28. The van der Waals surface area contributed by atoms with Crippen LogP contribution < -0.4 is 10.2 Å². The number of piperidine rings is 1. The highest BCUT2D eigenvalue weighted by Crippen LogP contribution is 2.30. The Bertz CT molecular complexity index is 931. The van der Waals surface area contributed by atoms with E-state index in [2.05, 4.69) is 10.2 Å². The number of nitrogens with zero attached hydrogens (tertiary/aromatic N) is 2. The highest BCUT2D eigenvalue weighted by atomic mass is 35.5. The van der Waals surface area contributed by atoms with Crippen LogP contribution in [0.15, 0.2) is 36.4 Å². The van der Waals surface area contributed by atoms with E-state index < -0.39 is 0 Å². The molecule has 7 heteroatoms. The quantitative estimate of drug-likeness (QED) is 0.678. The first-order valence-electron chi connectivity index (χ1n) is 10.5. The van der Waals surface area contributed by atoms with Crippen molar-refractivity contribution in [3.05, 3.63) is 57.6 Å². The summed E-state index contributed by atoms with van der Waals surface area (Å²) in [5.74, 6) is -0.275. The van der Waals surface area contributed by atoms with Crippen molar-refractivity contribution < 1.29 is 9.59 Å². The Morgan fingerprint density at radius 2 is 1.43 bits per heavy atom. The van der Waals surface area contributed by atoms with Crippen molar-refractivity contribution >= 4 is 46.4 Å². The molecule has 2 aliphatic heterocycles. The zero-order chi connectivity index (χ0) is 21.1. The summed E-state index contributed by atoms with van der Waals surface area (Å²) < 4.78 is 0. The Kier molecular flexibility index (Phi) is 6.49. The van der Waals surface area contributed by atoms with Crippen LogP contribution in [-0.2, 0) is 0 Å². The smallest absolute Gasteiger partial charge is 0.256 e. The van der Waals surface area contributed by atoms with Crippen molar-refractivity contribution in [2.24, 2.45) is 0 Å². The molecule has 0 bridgehead atoms. The normalized spacial score (nSPS) is 16.6. The third kappa shape index (κ3) is 4.73. The lowest BCUT2D eigenvalue weighted by atomic mass is 10.1. The second-order valence-electron chi connectivity index (χ2n) is 7.89. The van der Waals surface area contributed by atoms with Gasteiger partial charge in [-0.15, -0.1) is 0 Å². The topological polar surface area (TPSA) is 52.7 Å². The molecule has 4 rings (SSSR count). The van der Waals surface area contributed by atoms with Gasteiger partial charge in [-0.3, -0.25) is 9.59 Å². The summed E-state index contributed by atoms with van der Waals surface area (Å²) in [6, 6.07) is 10.3. The molecule has 0 atom stereocenters. The second-order valence-corrected chi connectivity index (χ2v) is 8.76. The largest absolute Gasteiger partial charge is 0.371 e. The third-order valence-electron chi connectivity index (χ3n) is 5.70. The molecule has 2 heterocycles. The van der Waals surface area contributed by atoms with Crippen molar-refractivity contribution in [1.29, 1.82) is 0 Å². The molecular formula is C23H25Cl2N3O2. The van der Waals surface area contributed by atoms with Crippen molar-refractivity contribution in [3.63, 3.8) is 0 Å². The summed E-state index contributed by atoms with van der Waals surface area (Å²) in [5, 5.41) is 3.69. The molecule has 5 nitrogen and oxygen atoms in total. The minimum atomic E-state index is -0.315. The zero-order valence-electron chi connectivity index (χ0n) is 16.8. The van der Waals surface area contributed by atoms with E-state index in [9.17, 15) is 9.59 Å². The van der Waals surface area contributed by atoms with E-state index in [1.54, 1.807) is 24.3 Å². The number of rotatable bonds is 4. The van der Waals surface area contributed by atoms with Gasteiger partial charge in [-0.2, -0.15) is 0 Å². The van der Waals surface area contributed by atoms with Gasteiger partial charge >= 0.3 is 0 Å². The Morgan fingerprint density at radius 1 is 0.800 bits per heavy atom. The number of amides is 2. The van der Waals surface area contributed by atoms with Gasteiger partial charge in [0.05, 0.1) is 5.56 Å². The van der Waals surface area contributed by atoms with Crippen molar-refractivity contribution in [2.75, 3.05) is 36.4 Å². The molecule has 1 N–H and O–H groups in total. The molecule has 0 saturated carbocycles. The molecule has 2 saturated heterocycles. The highest BCUT2D eigenvalue weighted by molar-refractivity contribution is 6.35. The summed E-state index contributed by atoms with van der Waals surface area (Å²) in [6.45, 7) is 3.48. The summed E-state index contributed by atoms with van der Waals surface area (Å²) in [4.78, 5) is 30.2. The summed E-state index contributed by atoms with van der Waals surface area (Å²) >= 11 is 12.0. The van der Waals surface area contributed by atoms with E-state index in [0.717, 1.165) is 57.5 Å². The molecule has 158 valence electrons. The van der Waals surface area contributed by atoms with Crippen molar-refractivity contribution in [1.82, 2.24) is 4.90 Å². The number of benzene rings is 2. The fourth-order valence-corrected chi connectivity index (χ4v) is 4.70. The summed E-state index contributed by atoms with van der Waals surface area (Å²) in [6.07, 6.45) is 5.51. The SMILES string of the molecule is O=C(Nc1ccc(N2CCCC2)c(C(=O)N2CCCCC2)c1)c1cc(Cl)cc(Cl)c1. The van der Waals surface area contributed by atoms with Crippen LogP contribution in [0.5, 0.6) is 0 Å². The number of hydrogen-bond donors (Lipinski definition) is 1. The van der Waals surface area contributed by atoms with Crippen LogP contribution in [0.4, 0.5) is 11.4 Å². The first-order valence-corrected chi connectivity index (χ1v) is 11.2. The summed E-state index contributed by atoms with van der Waals surface area (Å²) in [7, 11) is 0. The lowest BCUT2D eigenvalue weighted by Crippen LogP contribution is -2.36. The highest BCUT2D eigenvalue weighted by Gasteiger charge is 2.25. The maximum absolute atomic E-state index is 13.3. The lowest BCUT2D eigenvalue weighted by molar-refractivity contribution is 0.0724. The van der Waals surface area contributed by atoms with E-state index >= 15 is 0 Å². The van der Waals surface area contributed by atoms with Gasteiger partial charge in [0.2, 0.25) is 0 Å². The number of likely N-dealkylation sites (tertiary alicyclic amines) is 1. The number of anilines is 2. The molecule has 0 unspecified atom stereocenters. The third-order valence-corrected chi connectivity index (χ3v) is 6.14. The first-order chi connectivity index (χ1) is 14.5. The van der Waals surface area contributed by atoms with E-state index in [0.29, 0.717) is 26.9 Å². The van der Waals surface area contributed by atoms with E-state index in [-0.39, 0.29) is 11.8 Å². The molecule has 0 aromatic heterocycles. The molecule has 0 spiro atoms. The van der Waals surface area contributed by atoms with Gasteiger partial charge in [0.25, 0.3) is 11.8 Å². The van der Waals surface area contributed by atoms with Gasteiger partial charge in [0.1, 0.15) is 0 Å². The van der Waals surface area contributed by atoms with Crippen molar-refractivity contribution in [3.8, 4) is 0 Å². The van der Waals surface area contributed by atoms with Crippen molar-refractivity contribution in [2.45, 2.75) is 32.1 Å². The molecule has 30 heavy (non-hydrogen) atoms. The lowest BCUT2D eigenvalue weighted by Gasteiger charge is -2.29. The van der Waals surface area contributed by atoms with Crippen LogP contribution in [0.1, 0.15) is 52.8 Å². The number of nitrogens with one attached hydrogen (secondary N) is 1. The number of carbonyl (C=O) groups is 2. The molecule has 2 aromatic carbocycles. The number of carbonyl (C=O) groups excluding carboxylic acids is 2. The van der Waals surface area contributed by atoms with Crippen LogP contribution in [0.2, 0.25) is 10.0 Å². The van der Waals surface area contributed by atoms with Gasteiger partial charge in [-0.25, -0.2) is 0 Å². The minimum Gasteiger partial charge on any atom is -0.371 e. The van der Waals surface area contributed by atoms with Gasteiger partial charge in [-0.1, -0.05) is 23.2 Å². The predicted octanol–water partition coefficient (Wildman–Crippen LogP) is 5.47. The Morgan fingerprint density at radius 3 is 2.10 bits per heavy atom. The number of hydrogen-bond acceptors (Lipinski definition) is 3. The maximum Gasteiger partial charge on any atom is 0.256 e. The molecular weight excluding hydrogens is 421 g/mol. The molecule has 2 aromatic rings. The van der Waals surface area contributed by atoms with E-state index in [4.69, 9.17) is 23.2 Å². The van der Waals surface area contributed by atoms with Crippen LogP contribution in [-0.4, -0.2) is 42.9 Å². The van der Waals surface area contributed by atoms with Gasteiger partial charge < -0.3 is 15.1 Å². The first kappa shape index (κ1) is 21.0. The van der Waals surface area contributed by atoms with Crippen LogP contribution in [0.3, 0.4) is 0 Å². The molecule has 2 amide bonds. The van der Waals surface area contributed by atoms with Gasteiger partial charge in [-0.05, 0) is 68.5 Å². The van der Waals surface area contributed by atoms with Crippen LogP contribution >= 0.6 is 23.2 Å². The second kappa shape index (κ2) is 9.27. The minimum absolute atomic E-state index is 0.0403. The maximum atomic E-state index is 13.3. The molecule has 0 aliphatic carbocycles. The Hall–Kier alpha value is -2.24. The Balaban J connectivity index is 1.62. The average molecular weight is 446 g/mol. The van der Waals surface area contributed by atoms with Crippen LogP contribution in [0, 0.1) is 0 Å². The Labute approximate surface area is 186 Å². The van der Waals surface area contributed by atoms with E-state index in [1.807, 2.05) is 17.0 Å². The van der Waals surface area contributed by atoms with Crippen LogP contribution in [0.25, 0.3) is 0 Å². The summed E-state index contributed by atoms with van der Waals surface area (Å²) in [5.41, 5.74) is 2.56. The number of halogens is 2. The predicted molar refractivity (Wildman–Crippen MR) is 122 cm³/mol. The molecule has 0 radical (unpaired) electrons. The van der Waals surface area contributed by atoms with Gasteiger partial charge in [0, 0.05) is 53.2 Å². The zero-order valence-corrected chi connectivity index (χ0v) is 18.3. The monoisotopic (exact) mass is 445 g/mol. The standard InChI is InChI=1S/C23H25Cl2N3O2/c24-17-12-16(13-18(25)14-17)22(29)26-19-6-7-21(27-8-4-5-9-27)20(15-19)23(30)28-10-2-1-3-11-28/h6-7,12-15H,1-5,8-11H2,(H,26,29). The van der Waals surface area contributed by atoms with E-state index in [1.165, 1.54) is 6.42 Å². The van der Waals surface area contributed by atoms with Gasteiger partial charge in [0.15, 0.2) is 0 Å². The fourth-order valence-electron chi connectivity index (χ4n) is 4.17. The fraction of sp³-hybridized carbons (Fsp3) is 0.391. The molecule has 2 aliphatic rings. The molecule has 2 fully saturated rings.